The summed E-state index contributed by atoms with van der Waals surface area (Å²) >= 11 is 0. The molecule has 0 aliphatic rings. The highest BCUT2D eigenvalue weighted by molar-refractivity contribution is 6.04. The first-order valence-corrected chi connectivity index (χ1v) is 9.84. The molecule has 0 bridgehead atoms. The summed E-state index contributed by atoms with van der Waals surface area (Å²) in [5.74, 6) is 0.332. The van der Waals surface area contributed by atoms with Crippen molar-refractivity contribution in [3.63, 3.8) is 0 Å². The number of rotatable bonds is 7. The van der Waals surface area contributed by atoms with Crippen molar-refractivity contribution in [2.24, 2.45) is 0 Å². The zero-order valence-corrected chi connectivity index (χ0v) is 17.5. The van der Waals surface area contributed by atoms with Crippen LogP contribution in [0, 0.1) is 20.8 Å². The summed E-state index contributed by atoms with van der Waals surface area (Å²) in [5, 5.41) is 5.73. The van der Waals surface area contributed by atoms with Gasteiger partial charge in [0, 0.05) is 17.8 Å². The van der Waals surface area contributed by atoms with Crippen molar-refractivity contribution in [1.29, 1.82) is 0 Å². The molecule has 2 amide bonds. The Hall–Kier alpha value is -3.60. The summed E-state index contributed by atoms with van der Waals surface area (Å²) in [5.41, 5.74) is 5.42. The van der Waals surface area contributed by atoms with Crippen molar-refractivity contribution in [3.05, 3.63) is 94.5 Å². The fourth-order valence-electron chi connectivity index (χ4n) is 3.02. The second-order valence-corrected chi connectivity index (χ2v) is 7.35. The van der Waals surface area contributed by atoms with E-state index >= 15 is 0 Å². The van der Waals surface area contributed by atoms with E-state index in [0.29, 0.717) is 23.5 Å². The number of amides is 2. The average Bonchev–Trinajstić information content (AvgIpc) is 2.72. The Morgan fingerprint density at radius 2 is 1.60 bits per heavy atom. The van der Waals surface area contributed by atoms with Gasteiger partial charge in [0.15, 0.2) is 6.61 Å². The largest absolute Gasteiger partial charge is 0.484 e. The number of hydrogen-bond acceptors (Lipinski definition) is 3. The molecule has 5 nitrogen and oxygen atoms in total. The van der Waals surface area contributed by atoms with Crippen LogP contribution in [-0.2, 0) is 11.3 Å². The highest BCUT2D eigenvalue weighted by Crippen LogP contribution is 2.18. The molecule has 0 saturated heterocycles. The maximum Gasteiger partial charge on any atom is 0.258 e. The predicted octanol–water partition coefficient (Wildman–Crippen LogP) is 4.56. The Bertz CT molecular complexity index is 1040. The highest BCUT2D eigenvalue weighted by atomic mass is 16.5. The second kappa shape index (κ2) is 9.74. The minimum absolute atomic E-state index is 0.0479. The van der Waals surface area contributed by atoms with Crippen LogP contribution in [0.4, 0.5) is 5.69 Å². The van der Waals surface area contributed by atoms with Gasteiger partial charge in [-0.05, 0) is 62.2 Å². The molecule has 0 spiro atoms. The molecular weight excluding hydrogens is 376 g/mol. The number of anilines is 1. The number of aryl methyl sites for hydroxylation is 3. The first-order chi connectivity index (χ1) is 14.4. The van der Waals surface area contributed by atoms with Gasteiger partial charge in [-0.25, -0.2) is 0 Å². The molecule has 0 aromatic heterocycles. The molecule has 0 unspecified atom stereocenters. The van der Waals surface area contributed by atoms with Gasteiger partial charge in [-0.3, -0.25) is 9.59 Å². The van der Waals surface area contributed by atoms with Crippen LogP contribution in [0.2, 0.25) is 0 Å². The fourth-order valence-corrected chi connectivity index (χ4v) is 3.02. The molecule has 3 aromatic carbocycles. The van der Waals surface area contributed by atoms with E-state index in [1.807, 2.05) is 75.4 Å². The lowest BCUT2D eigenvalue weighted by Crippen LogP contribution is -2.28. The summed E-state index contributed by atoms with van der Waals surface area (Å²) in [6.45, 7) is 6.25. The minimum Gasteiger partial charge on any atom is -0.484 e. The van der Waals surface area contributed by atoms with E-state index in [4.69, 9.17) is 4.74 Å². The Morgan fingerprint density at radius 1 is 0.867 bits per heavy atom. The molecule has 0 saturated carbocycles. The van der Waals surface area contributed by atoms with Gasteiger partial charge >= 0.3 is 0 Å². The van der Waals surface area contributed by atoms with E-state index in [-0.39, 0.29) is 18.4 Å². The lowest BCUT2D eigenvalue weighted by Gasteiger charge is -2.11. The summed E-state index contributed by atoms with van der Waals surface area (Å²) < 4.78 is 5.61. The summed E-state index contributed by atoms with van der Waals surface area (Å²) in [6.07, 6.45) is 0. The number of carbonyl (C=O) groups is 2. The summed E-state index contributed by atoms with van der Waals surface area (Å²) in [7, 11) is 0. The Morgan fingerprint density at radius 3 is 2.33 bits per heavy atom. The molecule has 0 aliphatic carbocycles. The number of hydrogen-bond donors (Lipinski definition) is 2. The maximum absolute atomic E-state index is 12.4. The highest BCUT2D eigenvalue weighted by Gasteiger charge is 2.08. The zero-order valence-electron chi connectivity index (χ0n) is 17.5. The van der Waals surface area contributed by atoms with E-state index in [0.717, 1.165) is 22.3 Å². The molecule has 154 valence electrons. The topological polar surface area (TPSA) is 67.4 Å². The average molecular weight is 402 g/mol. The van der Waals surface area contributed by atoms with Gasteiger partial charge in [-0.15, -0.1) is 0 Å². The molecule has 0 fully saturated rings. The van der Waals surface area contributed by atoms with Gasteiger partial charge in [-0.2, -0.15) is 0 Å². The van der Waals surface area contributed by atoms with Crippen LogP contribution in [0.3, 0.4) is 0 Å². The van der Waals surface area contributed by atoms with E-state index in [2.05, 4.69) is 10.6 Å². The van der Waals surface area contributed by atoms with Crippen molar-refractivity contribution in [2.45, 2.75) is 27.3 Å². The van der Waals surface area contributed by atoms with Crippen LogP contribution < -0.4 is 15.4 Å². The molecule has 5 heteroatoms. The number of benzene rings is 3. The summed E-state index contributed by atoms with van der Waals surface area (Å²) in [6, 6.07) is 20.7. The molecule has 0 radical (unpaired) electrons. The van der Waals surface area contributed by atoms with Crippen molar-refractivity contribution < 1.29 is 14.3 Å². The standard InChI is InChI=1S/C25H26N2O3/c1-17-7-10-21(11-8-17)25(29)27-22-6-4-5-20(14-22)15-26-24(28)16-30-23-12-9-18(2)13-19(23)3/h4-14H,15-16H2,1-3H3,(H,26,28)(H,27,29). The van der Waals surface area contributed by atoms with E-state index in [1.54, 1.807) is 12.1 Å². The first-order valence-electron chi connectivity index (χ1n) is 9.84. The molecule has 0 atom stereocenters. The van der Waals surface area contributed by atoms with Crippen molar-refractivity contribution >= 4 is 17.5 Å². The lowest BCUT2D eigenvalue weighted by atomic mass is 10.1. The van der Waals surface area contributed by atoms with Gasteiger partial charge in [0.1, 0.15) is 5.75 Å². The molecule has 0 heterocycles. The predicted molar refractivity (Wildman–Crippen MR) is 119 cm³/mol. The van der Waals surface area contributed by atoms with Crippen molar-refractivity contribution in [2.75, 3.05) is 11.9 Å². The molecule has 3 aromatic rings. The van der Waals surface area contributed by atoms with Crippen LogP contribution >= 0.6 is 0 Å². The van der Waals surface area contributed by atoms with Crippen LogP contribution in [0.5, 0.6) is 5.75 Å². The normalized spacial score (nSPS) is 10.4. The Kier molecular flexibility index (Phi) is 6.86. The first kappa shape index (κ1) is 21.1. The molecular formula is C25H26N2O3. The van der Waals surface area contributed by atoms with Crippen LogP contribution in [0.15, 0.2) is 66.7 Å². The monoisotopic (exact) mass is 402 g/mol. The third kappa shape index (κ3) is 5.95. The van der Waals surface area contributed by atoms with E-state index < -0.39 is 0 Å². The minimum atomic E-state index is -0.205. The number of carbonyl (C=O) groups excluding carboxylic acids is 2. The molecule has 2 N–H and O–H groups in total. The number of ether oxygens (including phenoxy) is 1. The third-order valence-electron chi connectivity index (χ3n) is 4.68. The smallest absolute Gasteiger partial charge is 0.258 e. The SMILES string of the molecule is Cc1ccc(C(=O)Nc2cccc(CNC(=O)COc3ccc(C)cc3C)c2)cc1. The van der Waals surface area contributed by atoms with Gasteiger partial charge in [-0.1, -0.05) is 47.5 Å². The van der Waals surface area contributed by atoms with Crippen LogP contribution in [-0.4, -0.2) is 18.4 Å². The molecule has 0 aliphatic heterocycles. The molecule has 30 heavy (non-hydrogen) atoms. The van der Waals surface area contributed by atoms with Crippen molar-refractivity contribution in [1.82, 2.24) is 5.32 Å². The van der Waals surface area contributed by atoms with E-state index in [9.17, 15) is 9.59 Å². The van der Waals surface area contributed by atoms with Gasteiger partial charge in [0.25, 0.3) is 11.8 Å². The second-order valence-electron chi connectivity index (χ2n) is 7.35. The van der Waals surface area contributed by atoms with E-state index in [1.165, 1.54) is 0 Å². The zero-order chi connectivity index (χ0) is 21.5. The van der Waals surface area contributed by atoms with Gasteiger partial charge < -0.3 is 15.4 Å². The molecule has 3 rings (SSSR count). The Balaban J connectivity index is 1.51. The lowest BCUT2D eigenvalue weighted by molar-refractivity contribution is -0.123. The summed E-state index contributed by atoms with van der Waals surface area (Å²) in [4.78, 5) is 24.5. The fraction of sp³-hybridized carbons (Fsp3) is 0.200. The third-order valence-corrected chi connectivity index (χ3v) is 4.68. The quantitative estimate of drug-likeness (QED) is 0.609. The van der Waals surface area contributed by atoms with Crippen LogP contribution in [0.25, 0.3) is 0 Å². The van der Waals surface area contributed by atoms with Crippen molar-refractivity contribution in [3.8, 4) is 5.75 Å². The maximum atomic E-state index is 12.4. The number of nitrogens with one attached hydrogen (secondary N) is 2. The Labute approximate surface area is 177 Å². The van der Waals surface area contributed by atoms with Crippen LogP contribution in [0.1, 0.15) is 32.6 Å². The van der Waals surface area contributed by atoms with Gasteiger partial charge in [0.05, 0.1) is 0 Å². The van der Waals surface area contributed by atoms with Gasteiger partial charge in [0.2, 0.25) is 0 Å².